The van der Waals surface area contributed by atoms with Gasteiger partial charge in [-0.15, -0.1) is 0 Å². The third-order valence-corrected chi connectivity index (χ3v) is 5.39. The third kappa shape index (κ3) is 4.24. The van der Waals surface area contributed by atoms with Gasteiger partial charge in [-0.1, -0.05) is 20.3 Å². The van der Waals surface area contributed by atoms with E-state index in [1.807, 2.05) is 13.8 Å². The highest BCUT2D eigenvalue weighted by atomic mass is 32.2. The SMILES string of the molecule is COC(=O)CC1CCCCN1S(=O)(=O)CC(C)C. The van der Waals surface area contributed by atoms with Gasteiger partial charge >= 0.3 is 5.97 Å². The second-order valence-corrected chi connectivity index (χ2v) is 7.18. The molecule has 0 aliphatic carbocycles. The minimum atomic E-state index is -3.26. The molecule has 0 aromatic rings. The van der Waals surface area contributed by atoms with Crippen LogP contribution in [0.5, 0.6) is 0 Å². The molecule has 0 N–H and O–H groups in total. The highest BCUT2D eigenvalue weighted by Crippen LogP contribution is 2.24. The van der Waals surface area contributed by atoms with Gasteiger partial charge in [0.2, 0.25) is 10.0 Å². The van der Waals surface area contributed by atoms with Crippen molar-refractivity contribution in [3.63, 3.8) is 0 Å². The van der Waals surface area contributed by atoms with E-state index in [0.717, 1.165) is 19.3 Å². The predicted octanol–water partition coefficient (Wildman–Crippen LogP) is 1.39. The zero-order valence-electron chi connectivity index (χ0n) is 11.4. The molecule has 1 rings (SSSR count). The molecule has 0 spiro atoms. The van der Waals surface area contributed by atoms with E-state index in [-0.39, 0.29) is 30.1 Å². The summed E-state index contributed by atoms with van der Waals surface area (Å²) in [5, 5.41) is 0. The lowest BCUT2D eigenvalue weighted by molar-refractivity contribution is -0.141. The van der Waals surface area contributed by atoms with Crippen LogP contribution in [0.3, 0.4) is 0 Å². The maximum absolute atomic E-state index is 12.3. The number of ether oxygens (including phenoxy) is 1. The molecule has 18 heavy (non-hydrogen) atoms. The zero-order valence-corrected chi connectivity index (χ0v) is 12.2. The molecule has 0 amide bonds. The minimum absolute atomic E-state index is 0.0932. The molecule has 1 aliphatic heterocycles. The second-order valence-electron chi connectivity index (χ2n) is 5.21. The molecule has 1 fully saturated rings. The van der Waals surface area contributed by atoms with E-state index < -0.39 is 10.0 Å². The Morgan fingerprint density at radius 1 is 1.39 bits per heavy atom. The van der Waals surface area contributed by atoms with Crippen molar-refractivity contribution in [2.45, 2.75) is 45.6 Å². The molecule has 106 valence electrons. The van der Waals surface area contributed by atoms with Crippen LogP contribution in [0.1, 0.15) is 39.5 Å². The molecule has 1 heterocycles. The Morgan fingerprint density at radius 2 is 2.06 bits per heavy atom. The molecule has 0 radical (unpaired) electrons. The van der Waals surface area contributed by atoms with Gasteiger partial charge in [-0.3, -0.25) is 4.79 Å². The summed E-state index contributed by atoms with van der Waals surface area (Å²) in [7, 11) is -1.93. The van der Waals surface area contributed by atoms with Crippen molar-refractivity contribution >= 4 is 16.0 Å². The number of piperidine rings is 1. The van der Waals surface area contributed by atoms with Crippen LogP contribution in [0, 0.1) is 5.92 Å². The molecule has 0 saturated carbocycles. The van der Waals surface area contributed by atoms with Gasteiger partial charge in [0.05, 0.1) is 19.3 Å². The molecule has 0 bridgehead atoms. The fourth-order valence-electron chi connectivity index (χ4n) is 2.34. The molecule has 1 atom stereocenters. The average Bonchev–Trinajstić information content (AvgIpc) is 2.27. The second kappa shape index (κ2) is 6.52. The molecule has 0 aromatic carbocycles. The highest BCUT2D eigenvalue weighted by molar-refractivity contribution is 7.89. The van der Waals surface area contributed by atoms with Crippen molar-refractivity contribution in [1.29, 1.82) is 0 Å². The van der Waals surface area contributed by atoms with Crippen molar-refractivity contribution in [2.24, 2.45) is 5.92 Å². The van der Waals surface area contributed by atoms with Gasteiger partial charge < -0.3 is 4.74 Å². The van der Waals surface area contributed by atoms with Crippen LogP contribution in [0.15, 0.2) is 0 Å². The Labute approximate surface area is 110 Å². The summed E-state index contributed by atoms with van der Waals surface area (Å²) in [5.74, 6) is -0.104. The topological polar surface area (TPSA) is 63.7 Å². The van der Waals surface area contributed by atoms with Crippen LogP contribution < -0.4 is 0 Å². The van der Waals surface area contributed by atoms with E-state index in [1.54, 1.807) is 0 Å². The summed E-state index contributed by atoms with van der Waals surface area (Å²) in [6.45, 7) is 4.30. The van der Waals surface area contributed by atoms with E-state index in [1.165, 1.54) is 11.4 Å². The lowest BCUT2D eigenvalue weighted by Gasteiger charge is -2.34. The number of carbonyl (C=O) groups excluding carboxylic acids is 1. The van der Waals surface area contributed by atoms with Crippen molar-refractivity contribution in [1.82, 2.24) is 4.31 Å². The van der Waals surface area contributed by atoms with E-state index in [0.29, 0.717) is 6.54 Å². The molecule has 1 saturated heterocycles. The number of rotatable bonds is 5. The number of carbonyl (C=O) groups is 1. The predicted molar refractivity (Wildman–Crippen MR) is 69.6 cm³/mol. The van der Waals surface area contributed by atoms with Gasteiger partial charge in [-0.2, -0.15) is 4.31 Å². The Bertz CT molecular complexity index is 378. The normalized spacial score (nSPS) is 22.1. The van der Waals surface area contributed by atoms with Crippen LogP contribution in [0.2, 0.25) is 0 Å². The van der Waals surface area contributed by atoms with Crippen molar-refractivity contribution < 1.29 is 17.9 Å². The summed E-state index contributed by atoms with van der Waals surface area (Å²) in [5.41, 5.74) is 0. The van der Waals surface area contributed by atoms with Gasteiger partial charge in [0.1, 0.15) is 0 Å². The molecule has 1 aliphatic rings. The fraction of sp³-hybridized carbons (Fsp3) is 0.917. The molecule has 0 aromatic heterocycles. The number of esters is 1. The number of methoxy groups -OCH3 is 1. The minimum Gasteiger partial charge on any atom is -0.469 e. The van der Waals surface area contributed by atoms with Gasteiger partial charge in [0.15, 0.2) is 0 Å². The van der Waals surface area contributed by atoms with Crippen LogP contribution in [0.4, 0.5) is 0 Å². The van der Waals surface area contributed by atoms with Crippen molar-refractivity contribution in [2.75, 3.05) is 19.4 Å². The van der Waals surface area contributed by atoms with Crippen molar-refractivity contribution in [3.8, 4) is 0 Å². The van der Waals surface area contributed by atoms with Crippen LogP contribution in [-0.4, -0.2) is 44.1 Å². The van der Waals surface area contributed by atoms with E-state index >= 15 is 0 Å². The van der Waals surface area contributed by atoms with E-state index in [9.17, 15) is 13.2 Å². The first-order chi connectivity index (χ1) is 8.36. The highest BCUT2D eigenvalue weighted by Gasteiger charge is 2.33. The monoisotopic (exact) mass is 277 g/mol. The lowest BCUT2D eigenvalue weighted by atomic mass is 10.0. The van der Waals surface area contributed by atoms with Crippen LogP contribution in [-0.2, 0) is 19.6 Å². The maximum atomic E-state index is 12.3. The first-order valence-electron chi connectivity index (χ1n) is 6.43. The van der Waals surface area contributed by atoms with Crippen LogP contribution in [0.25, 0.3) is 0 Å². The molecule has 5 nitrogen and oxygen atoms in total. The summed E-state index contributed by atoms with van der Waals surface area (Å²) in [4.78, 5) is 11.3. The molecule has 1 unspecified atom stereocenters. The first-order valence-corrected chi connectivity index (χ1v) is 8.04. The Balaban J connectivity index is 2.78. The number of hydrogen-bond donors (Lipinski definition) is 0. The largest absolute Gasteiger partial charge is 0.469 e. The molecule has 6 heteroatoms. The van der Waals surface area contributed by atoms with Gasteiger partial charge in [0.25, 0.3) is 0 Å². The lowest BCUT2D eigenvalue weighted by Crippen LogP contribution is -2.46. The quantitative estimate of drug-likeness (QED) is 0.712. The smallest absolute Gasteiger partial charge is 0.307 e. The zero-order chi connectivity index (χ0) is 13.8. The Morgan fingerprint density at radius 3 is 2.61 bits per heavy atom. The van der Waals surface area contributed by atoms with Gasteiger partial charge in [0, 0.05) is 12.6 Å². The van der Waals surface area contributed by atoms with Gasteiger partial charge in [-0.25, -0.2) is 8.42 Å². The Kier molecular flexibility index (Phi) is 5.59. The summed E-state index contributed by atoms with van der Waals surface area (Å²) in [6.07, 6.45) is 2.74. The van der Waals surface area contributed by atoms with E-state index in [4.69, 9.17) is 0 Å². The number of sulfonamides is 1. The number of nitrogens with zero attached hydrogens (tertiary/aromatic N) is 1. The summed E-state index contributed by atoms with van der Waals surface area (Å²) < 4.78 is 30.6. The fourth-order valence-corrected chi connectivity index (χ4v) is 4.41. The maximum Gasteiger partial charge on any atom is 0.307 e. The molecular formula is C12H23NO4S. The van der Waals surface area contributed by atoms with Crippen molar-refractivity contribution in [3.05, 3.63) is 0 Å². The number of hydrogen-bond acceptors (Lipinski definition) is 4. The standard InChI is InChI=1S/C12H23NO4S/c1-10(2)9-18(15,16)13-7-5-4-6-11(13)8-12(14)17-3/h10-11H,4-9H2,1-3H3. The average molecular weight is 277 g/mol. The van der Waals surface area contributed by atoms with E-state index in [2.05, 4.69) is 4.74 Å². The third-order valence-electron chi connectivity index (χ3n) is 3.10. The Hall–Kier alpha value is -0.620. The molecular weight excluding hydrogens is 254 g/mol. The summed E-state index contributed by atoms with van der Waals surface area (Å²) in [6, 6.07) is -0.227. The van der Waals surface area contributed by atoms with Crippen LogP contribution >= 0.6 is 0 Å². The van der Waals surface area contributed by atoms with Gasteiger partial charge in [-0.05, 0) is 18.8 Å². The first kappa shape index (κ1) is 15.4. The summed E-state index contributed by atoms with van der Waals surface area (Å²) >= 11 is 0.